The number of fused-ring (bicyclic) bond motifs is 5. The lowest BCUT2D eigenvalue weighted by Crippen LogP contribution is -3.00. The maximum Gasteiger partial charge on any atom is 0.256 e. The number of hydrogen-bond donors (Lipinski definition) is 0. The number of ether oxygens (including phenoxy) is 5. The van der Waals surface area contributed by atoms with Gasteiger partial charge in [-0.05, 0) is 36.8 Å². The van der Waals surface area contributed by atoms with Gasteiger partial charge in [0.1, 0.15) is 0 Å². The molecule has 3 aromatic rings. The molecule has 1 aromatic heterocycles. The number of aromatic nitrogens is 1. The highest BCUT2D eigenvalue weighted by atomic mass is 79.9. The van der Waals surface area contributed by atoms with Gasteiger partial charge in [-0.3, -0.25) is 0 Å². The van der Waals surface area contributed by atoms with Gasteiger partial charge in [-0.1, -0.05) is 0 Å². The molecule has 0 atom stereocenters. The van der Waals surface area contributed by atoms with Crippen molar-refractivity contribution in [1.82, 2.24) is 0 Å². The minimum absolute atomic E-state index is 0. The number of rotatable bonds is 4. The van der Waals surface area contributed by atoms with Crippen molar-refractivity contribution in [3.8, 4) is 40.0 Å². The third-order valence-corrected chi connectivity index (χ3v) is 5.38. The van der Waals surface area contributed by atoms with Crippen molar-refractivity contribution in [2.45, 2.75) is 19.9 Å². The fourth-order valence-electron chi connectivity index (χ4n) is 4.15. The first kappa shape index (κ1) is 19.6. The lowest BCUT2D eigenvalue weighted by molar-refractivity contribution is -0.686. The Kier molecular flexibility index (Phi) is 5.17. The molecule has 3 heterocycles. The molecule has 2 aliphatic heterocycles. The third-order valence-electron chi connectivity index (χ3n) is 5.38. The lowest BCUT2D eigenvalue weighted by atomic mass is 9.94. The maximum atomic E-state index is 6.18. The van der Waals surface area contributed by atoms with Crippen LogP contribution < -0.4 is 45.2 Å². The van der Waals surface area contributed by atoms with E-state index in [0.717, 1.165) is 52.2 Å². The Labute approximate surface area is 179 Å². The smallest absolute Gasteiger partial charge is 0.256 e. The van der Waals surface area contributed by atoms with E-state index in [4.69, 9.17) is 23.7 Å². The van der Waals surface area contributed by atoms with E-state index in [0.29, 0.717) is 18.1 Å². The minimum Gasteiger partial charge on any atom is -1.00 e. The van der Waals surface area contributed by atoms with Crippen LogP contribution >= 0.6 is 0 Å². The molecule has 0 saturated carbocycles. The second-order valence-electron chi connectivity index (χ2n) is 6.81. The second kappa shape index (κ2) is 7.63. The van der Waals surface area contributed by atoms with Crippen LogP contribution in [0.15, 0.2) is 30.5 Å². The molecule has 152 valence electrons. The second-order valence-corrected chi connectivity index (χ2v) is 6.81. The summed E-state index contributed by atoms with van der Waals surface area (Å²) in [6.07, 6.45) is 3.04. The van der Waals surface area contributed by atoms with Gasteiger partial charge in [0, 0.05) is 11.8 Å². The maximum absolute atomic E-state index is 6.18. The fraction of sp³-hybridized carbons (Fsp3) is 0.318. The molecule has 0 unspecified atom stereocenters. The largest absolute Gasteiger partial charge is 1.00 e. The lowest BCUT2D eigenvalue weighted by Gasteiger charge is -2.20. The highest BCUT2D eigenvalue weighted by Gasteiger charge is 2.33. The van der Waals surface area contributed by atoms with Crippen LogP contribution in [-0.2, 0) is 13.0 Å². The van der Waals surface area contributed by atoms with Crippen molar-refractivity contribution in [1.29, 1.82) is 0 Å². The summed E-state index contributed by atoms with van der Waals surface area (Å²) in [5, 5.41) is 1.97. The van der Waals surface area contributed by atoms with Gasteiger partial charge in [-0.25, -0.2) is 0 Å². The average molecular weight is 460 g/mol. The number of benzene rings is 2. The Hall–Kier alpha value is -2.67. The Morgan fingerprint density at radius 1 is 1.00 bits per heavy atom. The molecule has 0 fully saturated rings. The fourth-order valence-corrected chi connectivity index (χ4v) is 4.15. The molecule has 0 spiro atoms. The molecule has 0 N–H and O–H groups in total. The summed E-state index contributed by atoms with van der Waals surface area (Å²) in [5.41, 5.74) is 3.42. The first-order chi connectivity index (χ1) is 13.7. The Morgan fingerprint density at radius 3 is 2.52 bits per heavy atom. The van der Waals surface area contributed by atoms with Crippen LogP contribution in [0.25, 0.3) is 22.0 Å². The van der Waals surface area contributed by atoms with E-state index in [-0.39, 0.29) is 23.8 Å². The third kappa shape index (κ3) is 2.95. The van der Waals surface area contributed by atoms with Crippen molar-refractivity contribution in [3.63, 3.8) is 0 Å². The molecule has 0 saturated heterocycles. The highest BCUT2D eigenvalue weighted by molar-refractivity contribution is 5.97. The molecule has 0 bridgehead atoms. The van der Waals surface area contributed by atoms with Crippen LogP contribution in [0.1, 0.15) is 12.5 Å². The van der Waals surface area contributed by atoms with E-state index in [1.54, 1.807) is 14.2 Å². The summed E-state index contributed by atoms with van der Waals surface area (Å²) in [6, 6.07) is 8.11. The van der Waals surface area contributed by atoms with Gasteiger partial charge < -0.3 is 40.7 Å². The van der Waals surface area contributed by atoms with Gasteiger partial charge in [-0.2, -0.15) is 4.57 Å². The number of halogens is 1. The van der Waals surface area contributed by atoms with Gasteiger partial charge in [0.15, 0.2) is 41.5 Å². The molecule has 0 aliphatic carbocycles. The van der Waals surface area contributed by atoms with Crippen LogP contribution in [0.4, 0.5) is 0 Å². The molecule has 2 aromatic carbocycles. The first-order valence-corrected chi connectivity index (χ1v) is 9.42. The molecule has 7 heteroatoms. The zero-order chi connectivity index (χ0) is 19.3. The van der Waals surface area contributed by atoms with E-state index in [2.05, 4.69) is 22.9 Å². The van der Waals surface area contributed by atoms with Crippen LogP contribution in [0, 0.1) is 0 Å². The van der Waals surface area contributed by atoms with Crippen molar-refractivity contribution < 1.29 is 45.2 Å². The van der Waals surface area contributed by atoms with E-state index < -0.39 is 0 Å². The van der Waals surface area contributed by atoms with Gasteiger partial charge in [-0.15, -0.1) is 0 Å². The highest BCUT2D eigenvalue weighted by Crippen LogP contribution is 2.46. The standard InChI is InChI=1S/C22H22NO5.BrH/c1-4-26-22-14-5-6-17(24-2)21(25-3)16(14)11-23-8-7-13-9-18-19(28-12-27-18)10-15(13)20(22)23;/h5-6,9-11H,4,7-8,12H2,1-3H3;1H/q+1;/p-1. The van der Waals surface area contributed by atoms with Crippen LogP contribution in [-0.4, -0.2) is 27.6 Å². The zero-order valence-corrected chi connectivity index (χ0v) is 18.2. The number of nitrogens with zero attached hydrogens (tertiary/aromatic N) is 1. The van der Waals surface area contributed by atoms with E-state index >= 15 is 0 Å². The molecule has 6 nitrogen and oxygen atoms in total. The summed E-state index contributed by atoms with van der Waals surface area (Å²) in [4.78, 5) is 0. The predicted octanol–water partition coefficient (Wildman–Crippen LogP) is 0.499. The predicted molar refractivity (Wildman–Crippen MR) is 104 cm³/mol. The molecular formula is C22H22BrNO5. The van der Waals surface area contributed by atoms with Crippen molar-refractivity contribution in [3.05, 3.63) is 36.0 Å². The van der Waals surface area contributed by atoms with Crippen LogP contribution in [0.2, 0.25) is 0 Å². The number of hydrogen-bond acceptors (Lipinski definition) is 5. The monoisotopic (exact) mass is 459 g/mol. The molecular weight excluding hydrogens is 438 g/mol. The number of pyridine rings is 1. The average Bonchev–Trinajstić information content (AvgIpc) is 3.18. The Morgan fingerprint density at radius 2 is 1.79 bits per heavy atom. The van der Waals surface area contributed by atoms with Gasteiger partial charge >= 0.3 is 0 Å². The summed E-state index contributed by atoms with van der Waals surface area (Å²) >= 11 is 0. The number of aryl methyl sites for hydroxylation is 2. The van der Waals surface area contributed by atoms with Gasteiger partial charge in [0.2, 0.25) is 6.79 Å². The molecule has 2 aliphatic rings. The van der Waals surface area contributed by atoms with E-state index in [1.807, 2.05) is 19.1 Å². The molecule has 0 amide bonds. The van der Waals surface area contributed by atoms with Crippen molar-refractivity contribution in [2.24, 2.45) is 0 Å². The Bertz CT molecular complexity index is 1100. The van der Waals surface area contributed by atoms with Crippen LogP contribution in [0.3, 0.4) is 0 Å². The molecule has 0 radical (unpaired) electrons. The van der Waals surface area contributed by atoms with Crippen molar-refractivity contribution in [2.75, 3.05) is 27.6 Å². The molecule has 5 rings (SSSR count). The quantitative estimate of drug-likeness (QED) is 0.531. The summed E-state index contributed by atoms with van der Waals surface area (Å²) in [6.45, 7) is 3.68. The van der Waals surface area contributed by atoms with Gasteiger partial charge in [0.05, 0.1) is 31.8 Å². The normalized spacial score (nSPS) is 13.3. The SMILES string of the molecule is CCOc1c2[n+](cc3c(OC)c(OC)ccc13)CCc1cc3c(cc1-2)OCO3.[Br-]. The zero-order valence-electron chi connectivity index (χ0n) is 16.6. The minimum atomic E-state index is 0. The first-order valence-electron chi connectivity index (χ1n) is 9.42. The Balaban J connectivity index is 0.00000205. The summed E-state index contributed by atoms with van der Waals surface area (Å²) in [5.74, 6) is 3.87. The molecule has 29 heavy (non-hydrogen) atoms. The van der Waals surface area contributed by atoms with E-state index in [9.17, 15) is 0 Å². The van der Waals surface area contributed by atoms with Crippen molar-refractivity contribution >= 4 is 10.8 Å². The van der Waals surface area contributed by atoms with E-state index in [1.165, 1.54) is 5.56 Å². The van der Waals surface area contributed by atoms with Gasteiger partial charge in [0.25, 0.3) is 5.69 Å². The van der Waals surface area contributed by atoms with Crippen LogP contribution in [0.5, 0.6) is 28.7 Å². The summed E-state index contributed by atoms with van der Waals surface area (Å²) in [7, 11) is 3.31. The number of methoxy groups -OCH3 is 2. The summed E-state index contributed by atoms with van der Waals surface area (Å²) < 4.78 is 30.8. The topological polar surface area (TPSA) is 50.0 Å².